The minimum absolute atomic E-state index is 0.145. The zero-order valence-corrected chi connectivity index (χ0v) is 15.3. The lowest BCUT2D eigenvalue weighted by Gasteiger charge is -2.13. The van der Waals surface area contributed by atoms with Crippen LogP contribution < -0.4 is 16.2 Å². The Kier molecular flexibility index (Phi) is 4.93. The van der Waals surface area contributed by atoms with Gasteiger partial charge in [-0.15, -0.1) is 0 Å². The van der Waals surface area contributed by atoms with Crippen LogP contribution in [0.25, 0.3) is 0 Å². The molecule has 0 spiro atoms. The van der Waals surface area contributed by atoms with E-state index in [9.17, 15) is 14.4 Å². The molecule has 136 valence electrons. The summed E-state index contributed by atoms with van der Waals surface area (Å²) in [7, 11) is 0. The molecule has 1 aliphatic rings. The molecule has 0 bridgehead atoms. The Bertz CT molecular complexity index is 928. The monoisotopic (exact) mass is 353 g/mol. The van der Waals surface area contributed by atoms with Gasteiger partial charge in [-0.05, 0) is 43.0 Å². The molecule has 0 atom stereocenters. The average molecular weight is 353 g/mol. The molecule has 1 aromatic heterocycles. The maximum Gasteiger partial charge on any atom is 0.263 e. The number of aryl methyl sites for hydroxylation is 2. The van der Waals surface area contributed by atoms with Gasteiger partial charge in [0.25, 0.3) is 17.4 Å². The minimum Gasteiger partial charge on any atom is -0.348 e. The van der Waals surface area contributed by atoms with Crippen molar-refractivity contribution in [2.75, 3.05) is 5.32 Å². The maximum absolute atomic E-state index is 12.8. The van der Waals surface area contributed by atoms with Crippen LogP contribution in [0.3, 0.4) is 0 Å². The summed E-state index contributed by atoms with van der Waals surface area (Å²) in [5, 5.41) is 5.55. The van der Waals surface area contributed by atoms with E-state index in [1.165, 1.54) is 0 Å². The molecule has 6 nitrogen and oxygen atoms in total. The Morgan fingerprint density at radius 1 is 1.27 bits per heavy atom. The molecule has 3 rings (SSSR count). The van der Waals surface area contributed by atoms with Crippen molar-refractivity contribution in [2.45, 2.75) is 40.3 Å². The van der Waals surface area contributed by atoms with E-state index in [1.54, 1.807) is 42.0 Å². The molecule has 0 unspecified atom stereocenters. The third-order valence-electron chi connectivity index (χ3n) is 4.64. The lowest BCUT2D eigenvalue weighted by atomic mass is 10.1. The molecule has 1 aliphatic heterocycles. The zero-order valence-electron chi connectivity index (χ0n) is 15.3. The molecular weight excluding hydrogens is 330 g/mol. The van der Waals surface area contributed by atoms with Crippen LogP contribution in [0, 0.1) is 12.8 Å². The van der Waals surface area contributed by atoms with Crippen LogP contribution in [0.2, 0.25) is 0 Å². The number of aromatic nitrogens is 1. The van der Waals surface area contributed by atoms with Crippen molar-refractivity contribution in [3.63, 3.8) is 0 Å². The number of hydrogen-bond acceptors (Lipinski definition) is 3. The number of carbonyl (C=O) groups excluding carboxylic acids is 2. The number of nitrogens with zero attached hydrogens (tertiary/aromatic N) is 1. The fourth-order valence-electron chi connectivity index (χ4n) is 3.07. The largest absolute Gasteiger partial charge is 0.348 e. The van der Waals surface area contributed by atoms with Gasteiger partial charge in [-0.25, -0.2) is 0 Å². The van der Waals surface area contributed by atoms with Gasteiger partial charge in [-0.2, -0.15) is 0 Å². The highest BCUT2D eigenvalue weighted by Crippen LogP contribution is 2.24. The maximum atomic E-state index is 12.8. The van der Waals surface area contributed by atoms with E-state index in [0.717, 1.165) is 12.0 Å². The fraction of sp³-hybridized carbons (Fsp3) is 0.350. The van der Waals surface area contributed by atoms with Crippen LogP contribution in [-0.2, 0) is 13.1 Å². The number of carbonyl (C=O) groups is 2. The van der Waals surface area contributed by atoms with Crippen molar-refractivity contribution >= 4 is 17.5 Å². The summed E-state index contributed by atoms with van der Waals surface area (Å²) in [6.07, 6.45) is 2.60. The third kappa shape index (κ3) is 3.40. The molecule has 0 radical (unpaired) electrons. The molecule has 0 aliphatic carbocycles. The van der Waals surface area contributed by atoms with Gasteiger partial charge in [-0.3, -0.25) is 14.4 Å². The second-order valence-corrected chi connectivity index (χ2v) is 7.02. The number of amides is 2. The van der Waals surface area contributed by atoms with E-state index >= 15 is 0 Å². The first-order valence-corrected chi connectivity index (χ1v) is 8.80. The van der Waals surface area contributed by atoms with Gasteiger partial charge in [0, 0.05) is 36.1 Å². The van der Waals surface area contributed by atoms with Crippen LogP contribution in [-0.4, -0.2) is 16.4 Å². The summed E-state index contributed by atoms with van der Waals surface area (Å²) in [5.74, 6) is -0.125. The van der Waals surface area contributed by atoms with Crippen molar-refractivity contribution in [1.82, 2.24) is 9.88 Å². The van der Waals surface area contributed by atoms with Gasteiger partial charge < -0.3 is 15.2 Å². The summed E-state index contributed by atoms with van der Waals surface area (Å²) in [5.41, 5.74) is 2.36. The van der Waals surface area contributed by atoms with Crippen molar-refractivity contribution in [3.05, 3.63) is 63.1 Å². The fourth-order valence-corrected chi connectivity index (χ4v) is 3.07. The van der Waals surface area contributed by atoms with Crippen LogP contribution >= 0.6 is 0 Å². The Morgan fingerprint density at radius 3 is 2.77 bits per heavy atom. The zero-order chi connectivity index (χ0) is 18.8. The van der Waals surface area contributed by atoms with E-state index in [-0.39, 0.29) is 17.0 Å². The number of benzene rings is 1. The first-order valence-electron chi connectivity index (χ1n) is 8.80. The van der Waals surface area contributed by atoms with Gasteiger partial charge in [0.2, 0.25) is 0 Å². The number of anilines is 1. The van der Waals surface area contributed by atoms with Crippen LogP contribution in [0.5, 0.6) is 0 Å². The number of nitrogens with one attached hydrogen (secondary N) is 2. The average Bonchev–Trinajstić information content (AvgIpc) is 2.96. The van der Waals surface area contributed by atoms with Gasteiger partial charge in [-0.1, -0.05) is 19.9 Å². The van der Waals surface area contributed by atoms with Gasteiger partial charge in [0.15, 0.2) is 0 Å². The quantitative estimate of drug-likeness (QED) is 0.867. The second kappa shape index (κ2) is 7.15. The molecule has 2 heterocycles. The molecule has 2 amide bonds. The lowest BCUT2D eigenvalue weighted by molar-refractivity contribution is 0.0964. The lowest BCUT2D eigenvalue weighted by Crippen LogP contribution is -2.30. The van der Waals surface area contributed by atoms with E-state index in [0.29, 0.717) is 35.8 Å². The molecule has 0 saturated carbocycles. The Labute approximate surface area is 152 Å². The number of hydrogen-bond donors (Lipinski definition) is 2. The van der Waals surface area contributed by atoms with E-state index < -0.39 is 5.91 Å². The molecule has 0 saturated heterocycles. The van der Waals surface area contributed by atoms with Crippen molar-refractivity contribution < 1.29 is 9.59 Å². The van der Waals surface area contributed by atoms with Gasteiger partial charge in [0.05, 0.1) is 0 Å². The highest BCUT2D eigenvalue weighted by atomic mass is 16.2. The smallest absolute Gasteiger partial charge is 0.263 e. The Hall–Kier alpha value is -2.89. The molecule has 0 fully saturated rings. The van der Waals surface area contributed by atoms with Crippen LogP contribution in [0.1, 0.15) is 52.1 Å². The topological polar surface area (TPSA) is 80.2 Å². The summed E-state index contributed by atoms with van der Waals surface area (Å²) in [6, 6.07) is 6.97. The standard InChI is InChI=1S/C20H23N3O3/c1-12(2)7-9-23-10-8-13(3)17(20(23)26)19(25)22-16-6-4-5-14-15(16)11-21-18(14)24/h4-6,8,10,12H,7,9,11H2,1-3H3,(H,21,24)(H,22,25). The Morgan fingerprint density at radius 2 is 2.04 bits per heavy atom. The molecule has 6 heteroatoms. The van der Waals surface area contributed by atoms with Crippen molar-refractivity contribution in [3.8, 4) is 0 Å². The van der Waals surface area contributed by atoms with Crippen molar-refractivity contribution in [2.24, 2.45) is 5.92 Å². The van der Waals surface area contributed by atoms with E-state index in [2.05, 4.69) is 24.5 Å². The van der Waals surface area contributed by atoms with E-state index in [4.69, 9.17) is 0 Å². The van der Waals surface area contributed by atoms with E-state index in [1.807, 2.05) is 0 Å². The SMILES string of the molecule is Cc1ccn(CCC(C)C)c(=O)c1C(=O)Nc1cccc2c1CNC2=O. The predicted octanol–water partition coefficient (Wildman–Crippen LogP) is 2.70. The first-order chi connectivity index (χ1) is 12.4. The first kappa shape index (κ1) is 17.9. The van der Waals surface area contributed by atoms with Gasteiger partial charge in [0.1, 0.15) is 5.56 Å². The number of pyridine rings is 1. The number of rotatable bonds is 5. The molecular formula is C20H23N3O3. The summed E-state index contributed by atoms with van der Waals surface area (Å²) in [6.45, 7) is 6.90. The summed E-state index contributed by atoms with van der Waals surface area (Å²) >= 11 is 0. The minimum atomic E-state index is -0.445. The third-order valence-corrected chi connectivity index (χ3v) is 4.64. The predicted molar refractivity (Wildman–Crippen MR) is 100 cm³/mol. The van der Waals surface area contributed by atoms with Crippen molar-refractivity contribution in [1.29, 1.82) is 0 Å². The molecule has 1 aromatic carbocycles. The normalized spacial score (nSPS) is 12.8. The summed E-state index contributed by atoms with van der Waals surface area (Å²) in [4.78, 5) is 37.3. The van der Waals surface area contributed by atoms with Crippen LogP contribution in [0.4, 0.5) is 5.69 Å². The molecule has 2 N–H and O–H groups in total. The Balaban J connectivity index is 1.91. The second-order valence-electron chi connectivity index (χ2n) is 7.02. The van der Waals surface area contributed by atoms with Gasteiger partial charge >= 0.3 is 0 Å². The highest BCUT2D eigenvalue weighted by molar-refractivity contribution is 6.07. The summed E-state index contributed by atoms with van der Waals surface area (Å²) < 4.78 is 1.59. The number of fused-ring (bicyclic) bond motifs is 1. The highest BCUT2D eigenvalue weighted by Gasteiger charge is 2.23. The van der Waals surface area contributed by atoms with Crippen LogP contribution in [0.15, 0.2) is 35.3 Å². The molecule has 26 heavy (non-hydrogen) atoms. The molecule has 2 aromatic rings.